The molecule has 0 heterocycles. The van der Waals surface area contributed by atoms with Crippen molar-refractivity contribution in [3.05, 3.63) is 29.6 Å². The highest BCUT2D eigenvalue weighted by molar-refractivity contribution is 5.68. The van der Waals surface area contributed by atoms with Crippen LogP contribution in [0.5, 0.6) is 5.75 Å². The van der Waals surface area contributed by atoms with E-state index in [0.717, 1.165) is 18.4 Å². The largest absolute Gasteiger partial charge is 0.494 e. The van der Waals surface area contributed by atoms with Crippen LogP contribution in [-0.4, -0.2) is 20.2 Å². The molecule has 106 valence electrons. The molecule has 0 radical (unpaired) electrons. The zero-order valence-corrected chi connectivity index (χ0v) is 11.3. The lowest BCUT2D eigenvalue weighted by molar-refractivity contribution is -0.140. The molecule has 1 aromatic carbocycles. The van der Waals surface area contributed by atoms with Gasteiger partial charge in [-0.3, -0.25) is 4.79 Å². The predicted molar refractivity (Wildman–Crippen MR) is 70.4 cm³/mol. The van der Waals surface area contributed by atoms with Crippen molar-refractivity contribution in [3.63, 3.8) is 0 Å². The molecule has 0 aliphatic carbocycles. The van der Waals surface area contributed by atoms with E-state index in [9.17, 15) is 9.18 Å². The predicted octanol–water partition coefficient (Wildman–Crippen LogP) is 2.57. The number of hydrogen-bond donors (Lipinski definition) is 1. The molecule has 19 heavy (non-hydrogen) atoms. The third-order valence-corrected chi connectivity index (χ3v) is 2.98. The van der Waals surface area contributed by atoms with Gasteiger partial charge in [0.1, 0.15) is 0 Å². The third kappa shape index (κ3) is 4.87. The number of halogens is 1. The number of methoxy groups -OCH3 is 2. The first-order valence-corrected chi connectivity index (χ1v) is 6.24. The van der Waals surface area contributed by atoms with E-state index in [1.54, 1.807) is 12.1 Å². The molecular weight excluding hydrogens is 249 g/mol. The van der Waals surface area contributed by atoms with Crippen molar-refractivity contribution >= 4 is 5.97 Å². The van der Waals surface area contributed by atoms with Crippen LogP contribution in [0.25, 0.3) is 0 Å². The lowest BCUT2D eigenvalue weighted by atomic mass is 10.0. The molecule has 1 aromatic rings. The maximum absolute atomic E-state index is 13.5. The van der Waals surface area contributed by atoms with E-state index in [2.05, 4.69) is 4.74 Å². The molecule has 4 nitrogen and oxygen atoms in total. The van der Waals surface area contributed by atoms with E-state index < -0.39 is 5.82 Å². The molecule has 1 unspecified atom stereocenters. The van der Waals surface area contributed by atoms with Crippen molar-refractivity contribution in [2.24, 2.45) is 5.73 Å². The molecule has 0 aliphatic heterocycles. The van der Waals surface area contributed by atoms with E-state index in [-0.39, 0.29) is 17.8 Å². The number of nitrogens with two attached hydrogens (primary N) is 1. The second-order valence-electron chi connectivity index (χ2n) is 4.32. The summed E-state index contributed by atoms with van der Waals surface area (Å²) in [5, 5.41) is 0. The summed E-state index contributed by atoms with van der Waals surface area (Å²) in [4.78, 5) is 10.9. The maximum Gasteiger partial charge on any atom is 0.305 e. The summed E-state index contributed by atoms with van der Waals surface area (Å²) in [5.41, 5.74) is 6.71. The van der Waals surface area contributed by atoms with Crippen LogP contribution in [0.2, 0.25) is 0 Å². The molecule has 1 rings (SSSR count). The lowest BCUT2D eigenvalue weighted by Crippen LogP contribution is -2.11. The maximum atomic E-state index is 13.5. The summed E-state index contributed by atoms with van der Waals surface area (Å²) < 4.78 is 22.9. The molecule has 0 saturated heterocycles. The Bertz CT molecular complexity index is 423. The smallest absolute Gasteiger partial charge is 0.305 e. The van der Waals surface area contributed by atoms with Crippen LogP contribution in [0.4, 0.5) is 4.39 Å². The number of ether oxygens (including phenoxy) is 2. The number of rotatable bonds is 7. The van der Waals surface area contributed by atoms with Crippen molar-refractivity contribution in [3.8, 4) is 5.75 Å². The minimum Gasteiger partial charge on any atom is -0.494 e. The Morgan fingerprint density at radius 1 is 1.37 bits per heavy atom. The monoisotopic (exact) mass is 269 g/mol. The standard InChI is InChI=1S/C14H20FNO3/c1-18-13-8-7-10(9-11(13)15)12(16)5-3-4-6-14(17)19-2/h7-9,12H,3-6,16H2,1-2H3. The third-order valence-electron chi connectivity index (χ3n) is 2.98. The van der Waals surface area contributed by atoms with Gasteiger partial charge in [0.2, 0.25) is 0 Å². The van der Waals surface area contributed by atoms with Gasteiger partial charge in [0, 0.05) is 12.5 Å². The molecule has 2 N–H and O–H groups in total. The van der Waals surface area contributed by atoms with Crippen molar-refractivity contribution in [1.82, 2.24) is 0 Å². The summed E-state index contributed by atoms with van der Waals surface area (Å²) in [6.07, 6.45) is 2.60. The van der Waals surface area contributed by atoms with E-state index in [4.69, 9.17) is 10.5 Å². The first kappa shape index (κ1) is 15.4. The Morgan fingerprint density at radius 3 is 2.68 bits per heavy atom. The highest BCUT2D eigenvalue weighted by Crippen LogP contribution is 2.23. The molecule has 5 heteroatoms. The minimum absolute atomic E-state index is 0.210. The van der Waals surface area contributed by atoms with E-state index >= 15 is 0 Å². The Hall–Kier alpha value is -1.62. The van der Waals surface area contributed by atoms with Gasteiger partial charge in [0.15, 0.2) is 11.6 Å². The second-order valence-corrected chi connectivity index (χ2v) is 4.32. The van der Waals surface area contributed by atoms with E-state index in [1.165, 1.54) is 20.3 Å². The van der Waals surface area contributed by atoms with Gasteiger partial charge >= 0.3 is 5.97 Å². The molecule has 0 amide bonds. The van der Waals surface area contributed by atoms with Crippen molar-refractivity contribution < 1.29 is 18.7 Å². The molecular formula is C14H20FNO3. The van der Waals surface area contributed by atoms with Crippen LogP contribution >= 0.6 is 0 Å². The summed E-state index contributed by atoms with van der Waals surface area (Å²) in [6, 6.07) is 4.48. The average molecular weight is 269 g/mol. The Balaban J connectivity index is 2.43. The van der Waals surface area contributed by atoms with E-state index in [1.807, 2.05) is 0 Å². The average Bonchev–Trinajstić information content (AvgIpc) is 2.42. The van der Waals surface area contributed by atoms with Gasteiger partial charge in [-0.25, -0.2) is 4.39 Å². The molecule has 0 aliphatic rings. The number of carbonyl (C=O) groups is 1. The summed E-state index contributed by atoms with van der Waals surface area (Å²) in [7, 11) is 2.79. The molecule has 0 fully saturated rings. The number of benzene rings is 1. The van der Waals surface area contributed by atoms with Crippen LogP contribution in [0.15, 0.2) is 18.2 Å². The Morgan fingerprint density at radius 2 is 2.11 bits per heavy atom. The van der Waals surface area contributed by atoms with Crippen LogP contribution in [0.3, 0.4) is 0 Å². The highest BCUT2D eigenvalue weighted by Gasteiger charge is 2.10. The fraction of sp³-hybridized carbons (Fsp3) is 0.500. The van der Waals surface area contributed by atoms with Crippen LogP contribution < -0.4 is 10.5 Å². The van der Waals surface area contributed by atoms with Gasteiger partial charge in [0.25, 0.3) is 0 Å². The number of hydrogen-bond acceptors (Lipinski definition) is 4. The highest BCUT2D eigenvalue weighted by atomic mass is 19.1. The minimum atomic E-state index is -0.412. The molecule has 0 spiro atoms. The number of unbranched alkanes of at least 4 members (excludes halogenated alkanes) is 1. The quantitative estimate of drug-likeness (QED) is 0.610. The fourth-order valence-electron chi connectivity index (χ4n) is 1.82. The van der Waals surface area contributed by atoms with Gasteiger partial charge in [-0.05, 0) is 30.5 Å². The molecule has 1 atom stereocenters. The zero-order chi connectivity index (χ0) is 14.3. The molecule has 0 aromatic heterocycles. The second kappa shape index (κ2) is 7.74. The van der Waals surface area contributed by atoms with Gasteiger partial charge in [0.05, 0.1) is 14.2 Å². The van der Waals surface area contributed by atoms with Gasteiger partial charge in [-0.1, -0.05) is 12.5 Å². The molecule has 0 bridgehead atoms. The van der Waals surface area contributed by atoms with E-state index in [0.29, 0.717) is 12.8 Å². The van der Waals surface area contributed by atoms with Crippen LogP contribution in [0.1, 0.15) is 37.3 Å². The van der Waals surface area contributed by atoms with Gasteiger partial charge in [-0.15, -0.1) is 0 Å². The Kier molecular flexibility index (Phi) is 6.29. The Labute approximate surface area is 112 Å². The van der Waals surface area contributed by atoms with Gasteiger partial charge < -0.3 is 15.2 Å². The van der Waals surface area contributed by atoms with Crippen molar-refractivity contribution in [2.45, 2.75) is 31.7 Å². The topological polar surface area (TPSA) is 61.5 Å². The molecule has 0 saturated carbocycles. The van der Waals surface area contributed by atoms with Crippen molar-refractivity contribution in [2.75, 3.05) is 14.2 Å². The number of carbonyl (C=O) groups excluding carboxylic acids is 1. The zero-order valence-electron chi connectivity index (χ0n) is 11.3. The number of esters is 1. The van der Waals surface area contributed by atoms with Crippen molar-refractivity contribution in [1.29, 1.82) is 0 Å². The van der Waals surface area contributed by atoms with Crippen LogP contribution in [-0.2, 0) is 9.53 Å². The normalized spacial score (nSPS) is 12.0. The first-order chi connectivity index (χ1) is 9.08. The van der Waals surface area contributed by atoms with Crippen LogP contribution in [0, 0.1) is 5.82 Å². The SMILES string of the molecule is COC(=O)CCCCC(N)c1ccc(OC)c(F)c1. The summed E-state index contributed by atoms with van der Waals surface area (Å²) in [5.74, 6) is -0.421. The summed E-state index contributed by atoms with van der Waals surface area (Å²) in [6.45, 7) is 0. The first-order valence-electron chi connectivity index (χ1n) is 6.24. The lowest BCUT2D eigenvalue weighted by Gasteiger charge is -2.13. The fourth-order valence-corrected chi connectivity index (χ4v) is 1.82. The summed E-state index contributed by atoms with van der Waals surface area (Å²) >= 11 is 0. The van der Waals surface area contributed by atoms with Gasteiger partial charge in [-0.2, -0.15) is 0 Å².